The first-order valence-corrected chi connectivity index (χ1v) is 11.7. The van der Waals surface area contributed by atoms with Gasteiger partial charge in [0.25, 0.3) is 5.56 Å². The van der Waals surface area contributed by atoms with Crippen LogP contribution in [0.3, 0.4) is 0 Å². The Morgan fingerprint density at radius 3 is 2.29 bits per heavy atom. The van der Waals surface area contributed by atoms with Gasteiger partial charge in [-0.3, -0.25) is 4.79 Å². The first kappa shape index (κ1) is 24.7. The number of alkyl halides is 1. The Balaban J connectivity index is 1.55. The van der Waals surface area contributed by atoms with Crippen LogP contribution in [0.1, 0.15) is 67.1 Å². The number of H-pyrrole nitrogens is 1. The van der Waals surface area contributed by atoms with E-state index < -0.39 is 41.2 Å². The monoisotopic (exact) mass is 473 g/mol. The molecular formula is C24H33BFN3O5. The maximum absolute atomic E-state index is 15.8. The fraction of sp³-hybridized carbons (Fsp3) is 0.625. The summed E-state index contributed by atoms with van der Waals surface area (Å²) in [5.74, 6) is -0.0165. The number of aromatic amines is 1. The highest BCUT2D eigenvalue weighted by Crippen LogP contribution is 2.37. The molecule has 2 aliphatic heterocycles. The zero-order valence-electron chi connectivity index (χ0n) is 21.0. The van der Waals surface area contributed by atoms with Crippen molar-refractivity contribution < 1.29 is 23.2 Å². The van der Waals surface area contributed by atoms with Crippen molar-refractivity contribution in [1.29, 1.82) is 0 Å². The van der Waals surface area contributed by atoms with E-state index in [1.165, 1.54) is 4.90 Å². The molecule has 0 radical (unpaired) electrons. The van der Waals surface area contributed by atoms with Crippen molar-refractivity contribution in [3.63, 3.8) is 0 Å². The summed E-state index contributed by atoms with van der Waals surface area (Å²) in [7, 11) is -0.613. The lowest BCUT2D eigenvalue weighted by atomic mass is 9.78. The number of ether oxygens (including phenoxy) is 1. The number of carbonyl (C=O) groups excluding carboxylic acids is 1. The van der Waals surface area contributed by atoms with Gasteiger partial charge in [0.05, 0.1) is 22.1 Å². The van der Waals surface area contributed by atoms with E-state index in [4.69, 9.17) is 14.0 Å². The van der Waals surface area contributed by atoms with E-state index in [1.54, 1.807) is 39.0 Å². The van der Waals surface area contributed by atoms with Gasteiger partial charge in [0, 0.05) is 25.9 Å². The zero-order valence-corrected chi connectivity index (χ0v) is 21.0. The van der Waals surface area contributed by atoms with Crippen LogP contribution in [0, 0.1) is 0 Å². The van der Waals surface area contributed by atoms with Crippen molar-refractivity contribution >= 4 is 29.6 Å². The predicted octanol–water partition coefficient (Wildman–Crippen LogP) is 3.42. The first-order chi connectivity index (χ1) is 15.6. The smallest absolute Gasteiger partial charge is 0.444 e. The van der Waals surface area contributed by atoms with Crippen molar-refractivity contribution in [3.8, 4) is 0 Å². The Bertz CT molecular complexity index is 1150. The third-order valence-corrected chi connectivity index (χ3v) is 6.89. The number of rotatable bonds is 2. The predicted molar refractivity (Wildman–Crippen MR) is 128 cm³/mol. The molecule has 0 saturated carbocycles. The molecule has 1 amide bonds. The SMILES string of the molecule is CC(C)(C)OC(=O)N1CCC(F)(c2nc3ccc(B4OC(C)(C)C(C)(C)O4)cc3c(=O)[nH]2)CC1. The van der Waals surface area contributed by atoms with Gasteiger partial charge in [0.2, 0.25) is 0 Å². The molecule has 0 spiro atoms. The van der Waals surface area contributed by atoms with Crippen LogP contribution in [-0.4, -0.2) is 58.0 Å². The molecule has 2 saturated heterocycles. The number of benzene rings is 1. The summed E-state index contributed by atoms with van der Waals surface area (Å²) < 4.78 is 33.4. The van der Waals surface area contributed by atoms with Crippen LogP contribution < -0.4 is 11.0 Å². The van der Waals surface area contributed by atoms with Crippen molar-refractivity contribution in [1.82, 2.24) is 14.9 Å². The number of carbonyl (C=O) groups is 1. The van der Waals surface area contributed by atoms with Crippen molar-refractivity contribution in [2.45, 2.75) is 83.8 Å². The Labute approximate surface area is 199 Å². The quantitative estimate of drug-likeness (QED) is 0.672. The molecule has 2 aromatic rings. The van der Waals surface area contributed by atoms with E-state index in [0.717, 1.165) is 0 Å². The second kappa shape index (κ2) is 8.05. The lowest BCUT2D eigenvalue weighted by Gasteiger charge is -2.36. The summed E-state index contributed by atoms with van der Waals surface area (Å²) in [6, 6.07) is 5.16. The molecule has 2 fully saturated rings. The molecule has 34 heavy (non-hydrogen) atoms. The van der Waals surface area contributed by atoms with Gasteiger partial charge >= 0.3 is 13.2 Å². The molecule has 1 aromatic carbocycles. The number of aromatic nitrogens is 2. The molecule has 3 heterocycles. The number of hydrogen-bond donors (Lipinski definition) is 1. The summed E-state index contributed by atoms with van der Waals surface area (Å²) in [6.45, 7) is 13.6. The molecule has 0 atom stereocenters. The maximum atomic E-state index is 15.8. The largest absolute Gasteiger partial charge is 0.494 e. The van der Waals surface area contributed by atoms with Crippen molar-refractivity contribution in [3.05, 3.63) is 34.4 Å². The van der Waals surface area contributed by atoms with E-state index >= 15 is 4.39 Å². The van der Waals surface area contributed by atoms with Gasteiger partial charge < -0.3 is 23.9 Å². The fourth-order valence-electron chi connectivity index (χ4n) is 4.10. The number of amides is 1. The van der Waals surface area contributed by atoms with Gasteiger partial charge in [0.1, 0.15) is 11.4 Å². The van der Waals surface area contributed by atoms with Gasteiger partial charge in [-0.2, -0.15) is 0 Å². The molecule has 2 aliphatic rings. The normalized spacial score (nSPS) is 21.6. The van der Waals surface area contributed by atoms with E-state index in [1.807, 2.05) is 27.7 Å². The lowest BCUT2D eigenvalue weighted by Crippen LogP contribution is -2.46. The fourth-order valence-corrected chi connectivity index (χ4v) is 4.10. The second-order valence-electron chi connectivity index (χ2n) is 11.2. The molecule has 1 aromatic heterocycles. The standard InChI is InChI=1S/C24H33BFN3O5/c1-21(2,3)32-20(31)29-12-10-24(26,11-13-29)19-27-17-9-8-15(14-16(17)18(30)28-19)25-33-22(4,5)23(6,7)34-25/h8-9,14H,10-13H2,1-7H3,(H,27,28,30). The summed E-state index contributed by atoms with van der Waals surface area (Å²) in [6.07, 6.45) is -0.427. The molecule has 8 nitrogen and oxygen atoms in total. The van der Waals surface area contributed by atoms with E-state index in [-0.39, 0.29) is 31.8 Å². The number of likely N-dealkylation sites (tertiary alicyclic amines) is 1. The molecule has 0 unspecified atom stereocenters. The van der Waals surface area contributed by atoms with Crippen LogP contribution in [0.15, 0.2) is 23.0 Å². The third-order valence-electron chi connectivity index (χ3n) is 6.89. The van der Waals surface area contributed by atoms with E-state index in [9.17, 15) is 9.59 Å². The number of hydrogen-bond acceptors (Lipinski definition) is 6. The highest BCUT2D eigenvalue weighted by molar-refractivity contribution is 6.62. The number of fused-ring (bicyclic) bond motifs is 1. The van der Waals surface area contributed by atoms with Gasteiger partial charge in [-0.25, -0.2) is 14.2 Å². The van der Waals surface area contributed by atoms with Crippen LogP contribution in [0.5, 0.6) is 0 Å². The molecule has 10 heteroatoms. The van der Waals surface area contributed by atoms with Crippen molar-refractivity contribution in [2.75, 3.05) is 13.1 Å². The zero-order chi connectivity index (χ0) is 25.1. The minimum atomic E-state index is -1.84. The minimum Gasteiger partial charge on any atom is -0.444 e. The number of halogens is 1. The molecule has 1 N–H and O–H groups in total. The molecule has 4 rings (SSSR count). The second-order valence-corrected chi connectivity index (χ2v) is 11.2. The highest BCUT2D eigenvalue weighted by atomic mass is 19.1. The molecule has 0 aliphatic carbocycles. The van der Waals surface area contributed by atoms with Crippen LogP contribution in [0.2, 0.25) is 0 Å². The van der Waals surface area contributed by atoms with Crippen LogP contribution in [-0.2, 0) is 19.7 Å². The first-order valence-electron chi connectivity index (χ1n) is 11.7. The van der Waals surface area contributed by atoms with Gasteiger partial charge in [0.15, 0.2) is 5.67 Å². The summed E-state index contributed by atoms with van der Waals surface area (Å²) in [4.78, 5) is 33.8. The number of nitrogens with zero attached hydrogens (tertiary/aromatic N) is 2. The van der Waals surface area contributed by atoms with E-state index in [2.05, 4.69) is 9.97 Å². The number of nitrogens with one attached hydrogen (secondary N) is 1. The molecule has 184 valence electrons. The summed E-state index contributed by atoms with van der Waals surface area (Å²) in [5, 5.41) is 0.339. The lowest BCUT2D eigenvalue weighted by molar-refractivity contribution is 0.000196. The molecule has 0 bridgehead atoms. The average Bonchev–Trinajstić information content (AvgIpc) is 2.94. The highest BCUT2D eigenvalue weighted by Gasteiger charge is 2.51. The van der Waals surface area contributed by atoms with E-state index in [0.29, 0.717) is 16.4 Å². The van der Waals surface area contributed by atoms with Crippen LogP contribution in [0.25, 0.3) is 10.9 Å². The summed E-state index contributed by atoms with van der Waals surface area (Å²) >= 11 is 0. The Morgan fingerprint density at radius 1 is 1.15 bits per heavy atom. The van der Waals surface area contributed by atoms with Gasteiger partial charge in [-0.15, -0.1) is 0 Å². The Hall–Kier alpha value is -2.46. The Kier molecular flexibility index (Phi) is 5.84. The van der Waals surface area contributed by atoms with Crippen LogP contribution in [0.4, 0.5) is 9.18 Å². The molecular weight excluding hydrogens is 440 g/mol. The number of piperidine rings is 1. The average molecular weight is 473 g/mol. The maximum Gasteiger partial charge on any atom is 0.494 e. The summed E-state index contributed by atoms with van der Waals surface area (Å²) in [5.41, 5.74) is -2.80. The topological polar surface area (TPSA) is 93.8 Å². The van der Waals surface area contributed by atoms with Gasteiger partial charge in [-0.1, -0.05) is 6.07 Å². The van der Waals surface area contributed by atoms with Crippen molar-refractivity contribution in [2.24, 2.45) is 0 Å². The van der Waals surface area contributed by atoms with Crippen LogP contribution >= 0.6 is 0 Å². The third kappa shape index (κ3) is 4.57. The minimum absolute atomic E-state index is 0.0165. The van der Waals surface area contributed by atoms with Gasteiger partial charge in [-0.05, 0) is 66.1 Å². The Morgan fingerprint density at radius 2 is 1.74 bits per heavy atom.